The van der Waals surface area contributed by atoms with Gasteiger partial charge in [0.15, 0.2) is 12.2 Å². The standard InChI is InChI=1S/C16H25NO2.C4H6O6/c1-15(2)11-14(18-5)12-16(3,4)17(15)19-13-9-7-6-8-10-13;5-1(3(7)8)2(6)4(9)10/h6-10,14H,11-12H2,1-5H3;1-2,5-6H,(H,7,8)(H,9,10). The third-order valence-electron chi connectivity index (χ3n) is 4.63. The van der Waals surface area contributed by atoms with E-state index in [1.165, 1.54) is 0 Å². The van der Waals surface area contributed by atoms with E-state index in [9.17, 15) is 9.59 Å². The van der Waals surface area contributed by atoms with Gasteiger partial charge in [0, 0.05) is 7.11 Å². The van der Waals surface area contributed by atoms with Crippen molar-refractivity contribution < 1.29 is 39.6 Å². The van der Waals surface area contributed by atoms with E-state index in [0.717, 1.165) is 18.6 Å². The zero-order valence-corrected chi connectivity index (χ0v) is 17.4. The SMILES string of the molecule is COC1CC(C)(C)N(Oc2ccccc2)C(C)(C)C1.O=C(O)C(O)C(O)C(=O)O. The molecule has 2 atom stereocenters. The van der Waals surface area contributed by atoms with E-state index in [1.54, 1.807) is 7.11 Å². The van der Waals surface area contributed by atoms with Gasteiger partial charge in [-0.15, -0.1) is 5.06 Å². The van der Waals surface area contributed by atoms with Crippen LogP contribution in [0.2, 0.25) is 0 Å². The van der Waals surface area contributed by atoms with Gasteiger partial charge < -0.3 is 30.0 Å². The second-order valence-corrected chi connectivity index (χ2v) is 8.16. The predicted octanol–water partition coefficient (Wildman–Crippen LogP) is 1.53. The highest BCUT2D eigenvalue weighted by molar-refractivity contribution is 5.83. The molecule has 1 aliphatic heterocycles. The molecule has 0 spiro atoms. The lowest BCUT2D eigenvalue weighted by Crippen LogP contribution is -2.63. The molecule has 1 fully saturated rings. The summed E-state index contributed by atoms with van der Waals surface area (Å²) in [6.45, 7) is 8.84. The molecule has 0 saturated carbocycles. The smallest absolute Gasteiger partial charge is 0.335 e. The minimum absolute atomic E-state index is 0.0573. The largest absolute Gasteiger partial charge is 0.479 e. The summed E-state index contributed by atoms with van der Waals surface area (Å²) < 4.78 is 5.58. The number of para-hydroxylation sites is 1. The molecule has 0 bridgehead atoms. The number of carbonyl (C=O) groups is 2. The second-order valence-electron chi connectivity index (χ2n) is 8.16. The maximum atomic E-state index is 9.77. The van der Waals surface area contributed by atoms with Crippen molar-refractivity contribution in [3.8, 4) is 5.75 Å². The first-order valence-corrected chi connectivity index (χ1v) is 9.19. The van der Waals surface area contributed by atoms with Gasteiger partial charge in [0.05, 0.1) is 17.2 Å². The molecule has 164 valence electrons. The highest BCUT2D eigenvalue weighted by atomic mass is 16.7. The van der Waals surface area contributed by atoms with E-state index in [4.69, 9.17) is 30.0 Å². The summed E-state index contributed by atoms with van der Waals surface area (Å²) in [6, 6.07) is 9.98. The second kappa shape index (κ2) is 10.0. The molecule has 0 aromatic heterocycles. The van der Waals surface area contributed by atoms with Gasteiger partial charge in [-0.1, -0.05) is 18.2 Å². The zero-order chi connectivity index (χ0) is 22.4. The lowest BCUT2D eigenvalue weighted by atomic mass is 9.80. The predicted molar refractivity (Wildman–Crippen MR) is 104 cm³/mol. The van der Waals surface area contributed by atoms with Crippen LogP contribution in [-0.2, 0) is 14.3 Å². The Morgan fingerprint density at radius 1 is 0.966 bits per heavy atom. The maximum absolute atomic E-state index is 9.77. The summed E-state index contributed by atoms with van der Waals surface area (Å²) in [7, 11) is 1.80. The zero-order valence-electron chi connectivity index (χ0n) is 17.4. The van der Waals surface area contributed by atoms with Gasteiger partial charge in [0.2, 0.25) is 0 Å². The Morgan fingerprint density at radius 3 is 1.72 bits per heavy atom. The van der Waals surface area contributed by atoms with Crippen molar-refractivity contribution in [2.24, 2.45) is 0 Å². The van der Waals surface area contributed by atoms with Crippen molar-refractivity contribution in [2.45, 2.75) is 69.9 Å². The number of methoxy groups -OCH3 is 1. The third kappa shape index (κ3) is 6.97. The van der Waals surface area contributed by atoms with Crippen LogP contribution in [-0.4, -0.2) is 73.9 Å². The van der Waals surface area contributed by atoms with Crippen LogP contribution >= 0.6 is 0 Å². The molecule has 0 aliphatic carbocycles. The van der Waals surface area contributed by atoms with Gasteiger partial charge >= 0.3 is 11.9 Å². The van der Waals surface area contributed by atoms with Gasteiger partial charge in [-0.25, -0.2) is 9.59 Å². The van der Waals surface area contributed by atoms with Crippen LogP contribution in [0.5, 0.6) is 5.75 Å². The first-order chi connectivity index (χ1) is 13.3. The number of ether oxygens (including phenoxy) is 1. The lowest BCUT2D eigenvalue weighted by Gasteiger charge is -2.52. The van der Waals surface area contributed by atoms with Crippen LogP contribution in [0.4, 0.5) is 0 Å². The first kappa shape index (κ1) is 24.8. The van der Waals surface area contributed by atoms with Gasteiger partial charge in [0.1, 0.15) is 5.75 Å². The van der Waals surface area contributed by atoms with Gasteiger partial charge in [-0.2, -0.15) is 0 Å². The van der Waals surface area contributed by atoms with Gasteiger partial charge in [0.25, 0.3) is 0 Å². The fourth-order valence-electron chi connectivity index (χ4n) is 3.44. The molecule has 1 aromatic carbocycles. The number of carboxylic acids is 2. The molecular formula is C20H31NO8. The number of hydrogen-bond donors (Lipinski definition) is 4. The molecule has 9 heteroatoms. The topological polar surface area (TPSA) is 137 Å². The third-order valence-corrected chi connectivity index (χ3v) is 4.63. The van der Waals surface area contributed by atoms with E-state index < -0.39 is 24.1 Å². The molecule has 29 heavy (non-hydrogen) atoms. The van der Waals surface area contributed by atoms with Crippen LogP contribution in [0, 0.1) is 0 Å². The first-order valence-electron chi connectivity index (χ1n) is 9.19. The Kier molecular flexibility index (Phi) is 8.58. The quantitative estimate of drug-likeness (QED) is 0.547. The molecule has 1 aliphatic rings. The minimum Gasteiger partial charge on any atom is -0.479 e. The van der Waals surface area contributed by atoms with Crippen LogP contribution < -0.4 is 4.84 Å². The number of rotatable bonds is 6. The Bertz CT molecular complexity index is 640. The summed E-state index contributed by atoms with van der Waals surface area (Å²) in [5, 5.41) is 34.7. The molecule has 4 N–H and O–H groups in total. The summed E-state index contributed by atoms with van der Waals surface area (Å²) in [5.74, 6) is -2.65. The van der Waals surface area contributed by atoms with E-state index in [1.807, 2.05) is 30.3 Å². The molecule has 1 heterocycles. The van der Waals surface area contributed by atoms with Crippen LogP contribution in [0.25, 0.3) is 0 Å². The molecule has 9 nitrogen and oxygen atoms in total. The fraction of sp³-hybridized carbons (Fsp3) is 0.600. The Hall–Kier alpha value is -2.20. The number of aliphatic carboxylic acids is 2. The minimum atomic E-state index is -2.27. The van der Waals surface area contributed by atoms with Crippen molar-refractivity contribution in [3.05, 3.63) is 30.3 Å². The number of nitrogens with zero attached hydrogens (tertiary/aromatic N) is 1. The van der Waals surface area contributed by atoms with Crippen LogP contribution in [0.3, 0.4) is 0 Å². The number of aliphatic hydroxyl groups excluding tert-OH is 2. The van der Waals surface area contributed by atoms with Crippen LogP contribution in [0.15, 0.2) is 30.3 Å². The number of benzene rings is 1. The summed E-state index contributed by atoms with van der Waals surface area (Å²) in [5.41, 5.74) is -0.115. The average Bonchev–Trinajstić information content (AvgIpc) is 2.64. The van der Waals surface area contributed by atoms with Gasteiger partial charge in [-0.3, -0.25) is 0 Å². The lowest BCUT2D eigenvalue weighted by molar-refractivity contribution is -0.236. The monoisotopic (exact) mass is 413 g/mol. The molecule has 1 aromatic rings. The van der Waals surface area contributed by atoms with Gasteiger partial charge in [-0.05, 0) is 52.7 Å². The van der Waals surface area contributed by atoms with E-state index in [-0.39, 0.29) is 11.1 Å². The number of hydrogen-bond acceptors (Lipinski definition) is 7. The normalized spacial score (nSPS) is 20.7. The number of carboxylic acid groups (broad SMARTS) is 2. The fourth-order valence-corrected chi connectivity index (χ4v) is 3.44. The highest BCUT2D eigenvalue weighted by Gasteiger charge is 2.47. The molecule has 0 radical (unpaired) electrons. The maximum Gasteiger partial charge on any atom is 0.335 e. The van der Waals surface area contributed by atoms with Crippen molar-refractivity contribution >= 4 is 11.9 Å². The van der Waals surface area contributed by atoms with Crippen LogP contribution in [0.1, 0.15) is 40.5 Å². The van der Waals surface area contributed by atoms with E-state index in [0.29, 0.717) is 6.10 Å². The van der Waals surface area contributed by atoms with Crippen molar-refractivity contribution in [3.63, 3.8) is 0 Å². The average molecular weight is 413 g/mol. The molecule has 0 amide bonds. The summed E-state index contributed by atoms with van der Waals surface area (Å²) in [6.07, 6.45) is -2.30. The molecular weight excluding hydrogens is 382 g/mol. The van der Waals surface area contributed by atoms with Crippen molar-refractivity contribution in [2.75, 3.05) is 7.11 Å². The molecule has 2 unspecified atom stereocenters. The molecule has 2 rings (SSSR count). The van der Waals surface area contributed by atoms with Crippen molar-refractivity contribution in [1.82, 2.24) is 5.06 Å². The summed E-state index contributed by atoms with van der Waals surface area (Å²) >= 11 is 0. The number of hydroxylamine groups is 2. The van der Waals surface area contributed by atoms with E-state index >= 15 is 0 Å². The number of aliphatic hydroxyl groups is 2. The number of piperidine rings is 1. The van der Waals surface area contributed by atoms with E-state index in [2.05, 4.69) is 32.8 Å². The van der Waals surface area contributed by atoms with Crippen molar-refractivity contribution in [1.29, 1.82) is 0 Å². The molecule has 1 saturated heterocycles. The Morgan fingerprint density at radius 2 is 1.38 bits per heavy atom. The Balaban J connectivity index is 0.000000359. The summed E-state index contributed by atoms with van der Waals surface area (Å²) in [4.78, 5) is 25.7. The highest BCUT2D eigenvalue weighted by Crippen LogP contribution is 2.39. The Labute approximate surface area is 170 Å².